The Morgan fingerprint density at radius 3 is 2.39 bits per heavy atom. The molecule has 0 spiro atoms. The fourth-order valence-corrected chi connectivity index (χ4v) is 3.84. The normalized spacial score (nSPS) is 10.6. The molecule has 8 nitrogen and oxygen atoms in total. The van der Waals surface area contributed by atoms with Crippen LogP contribution in [0.15, 0.2) is 78.2 Å². The maximum Gasteiger partial charge on any atom is 0.255 e. The molecule has 0 fully saturated rings. The summed E-state index contributed by atoms with van der Waals surface area (Å²) in [5.74, 6) is 0.390. The van der Waals surface area contributed by atoms with Crippen molar-refractivity contribution in [2.24, 2.45) is 7.05 Å². The number of carbonyl (C=O) groups excluding carboxylic acids is 2. The predicted octanol–water partition coefficient (Wildman–Crippen LogP) is 4.51. The molecule has 0 bridgehead atoms. The maximum absolute atomic E-state index is 12.5. The molecule has 4 aromatic rings. The molecule has 4 rings (SSSR count). The van der Waals surface area contributed by atoms with Gasteiger partial charge in [-0.1, -0.05) is 29.4 Å². The average molecular weight is 479 g/mol. The Bertz CT molecular complexity index is 1280. The summed E-state index contributed by atoms with van der Waals surface area (Å²) in [4.78, 5) is 28.9. The highest BCUT2D eigenvalue weighted by Gasteiger charge is 2.13. The molecule has 0 atom stereocenters. The molecule has 2 aromatic heterocycles. The lowest BCUT2D eigenvalue weighted by atomic mass is 10.2. The van der Waals surface area contributed by atoms with Gasteiger partial charge in [-0.05, 0) is 54.6 Å². The summed E-state index contributed by atoms with van der Waals surface area (Å²) in [7, 11) is 1.85. The molecular formula is C23H19ClN6O2S. The number of thioether (sulfide) groups is 1. The third-order valence-electron chi connectivity index (χ3n) is 4.62. The Labute approximate surface area is 199 Å². The van der Waals surface area contributed by atoms with Crippen LogP contribution in [-0.2, 0) is 11.8 Å². The summed E-state index contributed by atoms with van der Waals surface area (Å²) in [5.41, 5.74) is 2.52. The zero-order valence-electron chi connectivity index (χ0n) is 17.5. The number of hydrogen-bond acceptors (Lipinski definition) is 6. The topological polar surface area (TPSA) is 102 Å². The summed E-state index contributed by atoms with van der Waals surface area (Å²) in [5, 5.41) is 15.2. The molecule has 0 radical (unpaired) electrons. The minimum Gasteiger partial charge on any atom is -0.325 e. The van der Waals surface area contributed by atoms with Crippen molar-refractivity contribution in [3.63, 3.8) is 0 Å². The van der Waals surface area contributed by atoms with Crippen LogP contribution in [0.3, 0.4) is 0 Å². The quantitative estimate of drug-likeness (QED) is 0.379. The number of benzene rings is 2. The van der Waals surface area contributed by atoms with Crippen molar-refractivity contribution in [3.8, 4) is 11.4 Å². The summed E-state index contributed by atoms with van der Waals surface area (Å²) >= 11 is 7.15. The fraction of sp³-hybridized carbons (Fsp3) is 0.0870. The van der Waals surface area contributed by atoms with Gasteiger partial charge in [-0.15, -0.1) is 10.2 Å². The monoisotopic (exact) mass is 478 g/mol. The molecule has 166 valence electrons. The van der Waals surface area contributed by atoms with E-state index in [4.69, 9.17) is 11.6 Å². The van der Waals surface area contributed by atoms with Gasteiger partial charge in [-0.2, -0.15) is 0 Å². The Kier molecular flexibility index (Phi) is 7.01. The number of nitrogens with zero attached hydrogens (tertiary/aromatic N) is 4. The van der Waals surface area contributed by atoms with Gasteiger partial charge in [0, 0.05) is 47.0 Å². The standard InChI is InChI=1S/C23H19ClN6O2S/c1-30-21(15-9-11-25-12-10-15)28-29-23(30)33-14-20(31)26-18-3-2-4-19(13-18)27-22(32)16-5-7-17(24)8-6-16/h2-13H,14H2,1H3,(H,26,31)(H,27,32). The molecule has 2 N–H and O–H groups in total. The van der Waals surface area contributed by atoms with Gasteiger partial charge in [0.15, 0.2) is 11.0 Å². The van der Waals surface area contributed by atoms with E-state index in [1.807, 2.05) is 23.7 Å². The van der Waals surface area contributed by atoms with Crippen molar-refractivity contribution in [1.29, 1.82) is 0 Å². The van der Waals surface area contributed by atoms with Crippen LogP contribution < -0.4 is 10.6 Å². The summed E-state index contributed by atoms with van der Waals surface area (Å²) in [6.07, 6.45) is 3.38. The van der Waals surface area contributed by atoms with E-state index in [0.717, 1.165) is 5.56 Å². The van der Waals surface area contributed by atoms with Crippen LogP contribution in [0.1, 0.15) is 10.4 Å². The molecule has 0 aliphatic rings. The lowest BCUT2D eigenvalue weighted by molar-refractivity contribution is -0.113. The molecular weight excluding hydrogens is 460 g/mol. The zero-order chi connectivity index (χ0) is 23.2. The van der Waals surface area contributed by atoms with Crippen molar-refractivity contribution in [3.05, 3.63) is 83.6 Å². The van der Waals surface area contributed by atoms with E-state index < -0.39 is 0 Å². The Morgan fingerprint density at radius 2 is 1.67 bits per heavy atom. The first-order valence-electron chi connectivity index (χ1n) is 9.89. The first kappa shape index (κ1) is 22.5. The van der Waals surface area contributed by atoms with E-state index in [9.17, 15) is 9.59 Å². The smallest absolute Gasteiger partial charge is 0.255 e. The van der Waals surface area contributed by atoms with Crippen LogP contribution >= 0.6 is 23.4 Å². The van der Waals surface area contributed by atoms with Crippen molar-refractivity contribution in [2.75, 3.05) is 16.4 Å². The van der Waals surface area contributed by atoms with E-state index >= 15 is 0 Å². The molecule has 2 amide bonds. The molecule has 0 saturated carbocycles. The highest BCUT2D eigenvalue weighted by molar-refractivity contribution is 7.99. The zero-order valence-corrected chi connectivity index (χ0v) is 19.1. The molecule has 0 aliphatic carbocycles. The number of aromatic nitrogens is 4. The maximum atomic E-state index is 12.5. The highest BCUT2D eigenvalue weighted by atomic mass is 35.5. The van der Waals surface area contributed by atoms with E-state index in [1.165, 1.54) is 11.8 Å². The third-order valence-corrected chi connectivity index (χ3v) is 5.89. The number of carbonyl (C=O) groups is 2. The van der Waals surface area contributed by atoms with Crippen molar-refractivity contribution in [2.45, 2.75) is 5.16 Å². The number of rotatable bonds is 7. The number of anilines is 2. The van der Waals surface area contributed by atoms with Crippen molar-refractivity contribution in [1.82, 2.24) is 19.7 Å². The second kappa shape index (κ2) is 10.3. The molecule has 2 aromatic carbocycles. The highest BCUT2D eigenvalue weighted by Crippen LogP contribution is 2.23. The van der Waals surface area contributed by atoms with E-state index in [1.54, 1.807) is 60.9 Å². The summed E-state index contributed by atoms with van der Waals surface area (Å²) in [6, 6.07) is 17.3. The SMILES string of the molecule is Cn1c(SCC(=O)Nc2cccc(NC(=O)c3ccc(Cl)cc3)c2)nnc1-c1ccncc1. The summed E-state index contributed by atoms with van der Waals surface area (Å²) in [6.45, 7) is 0. The largest absolute Gasteiger partial charge is 0.325 e. The Hall–Kier alpha value is -3.69. The second-order valence-corrected chi connectivity index (χ2v) is 8.36. The van der Waals surface area contributed by atoms with E-state index in [2.05, 4.69) is 25.8 Å². The van der Waals surface area contributed by atoms with Gasteiger partial charge in [-0.25, -0.2) is 0 Å². The van der Waals surface area contributed by atoms with E-state index in [-0.39, 0.29) is 17.6 Å². The minimum atomic E-state index is -0.266. The first-order chi connectivity index (χ1) is 16.0. The molecule has 0 unspecified atom stereocenters. The molecule has 0 saturated heterocycles. The van der Waals surface area contributed by atoms with E-state index in [0.29, 0.717) is 32.9 Å². The van der Waals surface area contributed by atoms with Gasteiger partial charge in [0.1, 0.15) is 0 Å². The molecule has 2 heterocycles. The lowest BCUT2D eigenvalue weighted by Crippen LogP contribution is -2.15. The third kappa shape index (κ3) is 5.76. The number of nitrogens with one attached hydrogen (secondary N) is 2. The van der Waals surface area contributed by atoms with Gasteiger partial charge in [0.2, 0.25) is 5.91 Å². The second-order valence-electron chi connectivity index (χ2n) is 6.98. The molecule has 10 heteroatoms. The van der Waals surface area contributed by atoms with Crippen LogP contribution in [0, 0.1) is 0 Å². The van der Waals surface area contributed by atoms with Gasteiger partial charge >= 0.3 is 0 Å². The van der Waals surface area contributed by atoms with Crippen LogP contribution in [0.4, 0.5) is 11.4 Å². The van der Waals surface area contributed by atoms with Crippen LogP contribution in [0.5, 0.6) is 0 Å². The number of amides is 2. The predicted molar refractivity (Wildman–Crippen MR) is 129 cm³/mol. The number of hydrogen-bond donors (Lipinski definition) is 2. The molecule has 33 heavy (non-hydrogen) atoms. The van der Waals surface area contributed by atoms with Crippen molar-refractivity contribution < 1.29 is 9.59 Å². The van der Waals surface area contributed by atoms with Gasteiger partial charge in [-0.3, -0.25) is 14.6 Å². The van der Waals surface area contributed by atoms with Crippen LogP contribution in [-0.4, -0.2) is 37.3 Å². The van der Waals surface area contributed by atoms with Crippen LogP contribution in [0.2, 0.25) is 5.02 Å². The van der Waals surface area contributed by atoms with Gasteiger partial charge < -0.3 is 15.2 Å². The van der Waals surface area contributed by atoms with Crippen molar-refractivity contribution >= 4 is 46.6 Å². The van der Waals surface area contributed by atoms with Gasteiger partial charge in [0.05, 0.1) is 5.75 Å². The number of halogens is 1. The number of pyridine rings is 1. The fourth-order valence-electron chi connectivity index (χ4n) is 3.00. The molecule has 0 aliphatic heterocycles. The summed E-state index contributed by atoms with van der Waals surface area (Å²) < 4.78 is 1.83. The lowest BCUT2D eigenvalue weighted by Gasteiger charge is -2.09. The van der Waals surface area contributed by atoms with Gasteiger partial charge in [0.25, 0.3) is 5.91 Å². The van der Waals surface area contributed by atoms with Crippen LogP contribution in [0.25, 0.3) is 11.4 Å². The minimum absolute atomic E-state index is 0.156. The average Bonchev–Trinajstić information content (AvgIpc) is 3.19. The Morgan fingerprint density at radius 1 is 0.970 bits per heavy atom. The Balaban J connectivity index is 1.34. The first-order valence-corrected chi connectivity index (χ1v) is 11.3.